The van der Waals surface area contributed by atoms with E-state index in [9.17, 15) is 0 Å². The zero-order chi connectivity index (χ0) is 25.1. The van der Waals surface area contributed by atoms with E-state index in [-0.39, 0.29) is 24.8 Å². The fourth-order valence-electron chi connectivity index (χ4n) is 7.11. The van der Waals surface area contributed by atoms with Gasteiger partial charge in [0.1, 0.15) is 0 Å². The van der Waals surface area contributed by atoms with E-state index in [0.29, 0.717) is 0 Å². The van der Waals surface area contributed by atoms with Gasteiger partial charge in [-0.1, -0.05) is 0 Å². The monoisotopic (exact) mass is 616 g/mol. The van der Waals surface area contributed by atoms with Crippen LogP contribution in [0.1, 0.15) is 39.8 Å². The van der Waals surface area contributed by atoms with Crippen LogP contribution in [-0.4, -0.2) is 4.21 Å². The normalized spacial score (nSPS) is 13.8. The van der Waals surface area contributed by atoms with E-state index >= 15 is 0 Å². The van der Waals surface area contributed by atoms with Crippen molar-refractivity contribution < 1.29 is 18.3 Å². The molecule has 0 saturated heterocycles. The Morgan fingerprint density at radius 3 is 1.87 bits per heavy atom. The number of halogens is 2. The first-order valence-corrected chi connectivity index (χ1v) is 19.7. The van der Waals surface area contributed by atoms with Gasteiger partial charge in [0.05, 0.1) is 0 Å². The van der Waals surface area contributed by atoms with Crippen molar-refractivity contribution in [3.8, 4) is 11.1 Å². The summed E-state index contributed by atoms with van der Waals surface area (Å²) in [4.78, 5) is 0. The summed E-state index contributed by atoms with van der Waals surface area (Å²) in [7, 11) is 0. The van der Waals surface area contributed by atoms with Crippen LogP contribution in [0.5, 0.6) is 0 Å². The molecule has 2 aliphatic carbocycles. The molecule has 38 heavy (non-hydrogen) atoms. The Balaban J connectivity index is 0.00000168. The van der Waals surface area contributed by atoms with Crippen LogP contribution in [0.15, 0.2) is 100 Å². The van der Waals surface area contributed by atoms with Gasteiger partial charge >= 0.3 is 218 Å². The Kier molecular flexibility index (Phi) is 7.81. The first kappa shape index (κ1) is 28.7. The van der Waals surface area contributed by atoms with Gasteiger partial charge in [-0.15, -0.1) is 24.8 Å². The first-order chi connectivity index (χ1) is 17.3. The maximum atomic E-state index is 5.60. The SMILES string of the molecule is Cl.Cl.[CH2]=[Zr]([C]1=CC=CC1)([c]1cccc(C)c1)([c]1cccc(C)c1)[c]1c(C)ccc2c1Cc1cc(C)ccc1-2. The van der Waals surface area contributed by atoms with E-state index in [0.717, 1.165) is 12.8 Å². The van der Waals surface area contributed by atoms with Gasteiger partial charge in [0.2, 0.25) is 0 Å². The van der Waals surface area contributed by atoms with E-state index in [4.69, 9.17) is 4.21 Å². The van der Waals surface area contributed by atoms with Crippen LogP contribution >= 0.6 is 24.8 Å². The van der Waals surface area contributed by atoms with Crippen LogP contribution in [0, 0.1) is 27.7 Å². The molecular weight excluding hydrogens is 583 g/mol. The molecule has 4 aromatic rings. The summed E-state index contributed by atoms with van der Waals surface area (Å²) in [6.45, 7) is 8.98. The number of aryl methyl sites for hydroxylation is 4. The molecule has 194 valence electrons. The number of fused-ring (bicyclic) bond motifs is 3. The molecule has 0 nitrogen and oxygen atoms in total. The van der Waals surface area contributed by atoms with Crippen LogP contribution in [-0.2, 0) is 24.7 Å². The topological polar surface area (TPSA) is 0 Å². The van der Waals surface area contributed by atoms with E-state index in [1.807, 2.05) is 0 Å². The van der Waals surface area contributed by atoms with Gasteiger partial charge in [-0.05, 0) is 0 Å². The van der Waals surface area contributed by atoms with Gasteiger partial charge in [-0.25, -0.2) is 0 Å². The van der Waals surface area contributed by atoms with E-state index < -0.39 is 18.3 Å². The van der Waals surface area contributed by atoms with E-state index in [2.05, 4.69) is 125 Å². The molecule has 0 heterocycles. The van der Waals surface area contributed by atoms with Gasteiger partial charge in [-0.3, -0.25) is 0 Å². The number of rotatable bonds is 4. The predicted molar refractivity (Wildman–Crippen MR) is 169 cm³/mol. The predicted octanol–water partition coefficient (Wildman–Crippen LogP) is 7.58. The van der Waals surface area contributed by atoms with Crippen molar-refractivity contribution >= 4 is 38.8 Å². The minimum absolute atomic E-state index is 0. The van der Waals surface area contributed by atoms with Crippen LogP contribution in [0.4, 0.5) is 0 Å². The van der Waals surface area contributed by atoms with Crippen molar-refractivity contribution in [1.29, 1.82) is 0 Å². The molecule has 0 unspecified atom stereocenters. The molecule has 6 rings (SSSR count). The zero-order valence-corrected chi connectivity index (χ0v) is 26.8. The third-order valence-corrected chi connectivity index (χ3v) is 25.4. The summed E-state index contributed by atoms with van der Waals surface area (Å²) in [6.07, 6.45) is 8.97. The van der Waals surface area contributed by atoms with Gasteiger partial charge in [0.25, 0.3) is 0 Å². The average molecular weight is 619 g/mol. The van der Waals surface area contributed by atoms with Crippen molar-refractivity contribution in [2.45, 2.75) is 40.5 Å². The molecule has 0 spiro atoms. The van der Waals surface area contributed by atoms with Crippen molar-refractivity contribution in [3.63, 3.8) is 0 Å². The minimum atomic E-state index is -4.61. The maximum absolute atomic E-state index is 5.60. The third-order valence-electron chi connectivity index (χ3n) is 8.78. The molecule has 0 aromatic heterocycles. The Hall–Kier alpha value is -2.31. The molecule has 0 bridgehead atoms. The first-order valence-electron chi connectivity index (χ1n) is 13.1. The average Bonchev–Trinajstić information content (AvgIpc) is 3.52. The van der Waals surface area contributed by atoms with Crippen LogP contribution in [0.3, 0.4) is 0 Å². The molecule has 0 saturated carbocycles. The van der Waals surface area contributed by atoms with Gasteiger partial charge in [0, 0.05) is 0 Å². The van der Waals surface area contributed by atoms with Gasteiger partial charge in [0.15, 0.2) is 0 Å². The Bertz CT molecular complexity index is 1640. The summed E-state index contributed by atoms with van der Waals surface area (Å²) in [6, 6.07) is 30.3. The van der Waals surface area contributed by atoms with Crippen molar-refractivity contribution in [3.05, 3.63) is 134 Å². The van der Waals surface area contributed by atoms with Crippen molar-refractivity contribution in [2.24, 2.45) is 0 Å². The molecule has 0 atom stereocenters. The summed E-state index contributed by atoms with van der Waals surface area (Å²) < 4.78 is 11.6. The van der Waals surface area contributed by atoms with Crippen molar-refractivity contribution in [1.82, 2.24) is 0 Å². The number of hydrogen-bond acceptors (Lipinski definition) is 0. The number of hydrogen-bond donors (Lipinski definition) is 0. The fourth-order valence-corrected chi connectivity index (χ4v) is 24.0. The molecule has 0 radical (unpaired) electrons. The summed E-state index contributed by atoms with van der Waals surface area (Å²) >= 11 is -4.61. The third kappa shape index (κ3) is 4.02. The Morgan fingerprint density at radius 1 is 0.684 bits per heavy atom. The van der Waals surface area contributed by atoms with E-state index in [1.165, 1.54) is 54.3 Å². The Labute approximate surface area is 241 Å². The molecule has 3 heteroatoms. The molecule has 0 aliphatic heterocycles. The number of benzene rings is 4. The van der Waals surface area contributed by atoms with Gasteiger partial charge < -0.3 is 0 Å². The second kappa shape index (κ2) is 10.3. The van der Waals surface area contributed by atoms with Crippen LogP contribution in [0.2, 0.25) is 0 Å². The number of allylic oxidation sites excluding steroid dienone is 4. The summed E-state index contributed by atoms with van der Waals surface area (Å²) in [5.74, 6) is 0. The van der Waals surface area contributed by atoms with E-state index in [1.54, 1.807) is 3.27 Å². The molecule has 0 amide bonds. The standard InChI is InChI=1S/C15H13.2C7H7.C5H5.CH2.2ClH.Zr/c1-10-3-5-14-12(7-10)9-13-8-11(2)4-6-15(13)14;2*1-7-5-3-2-4-6-7;1-2-4-5-3-1;;;;/h3-7H,9H2,1-2H3;2*2-3,5-6H,1H3;1-3H,4H2;1H2;2*1H;. The zero-order valence-electron chi connectivity index (χ0n) is 22.7. The van der Waals surface area contributed by atoms with Crippen LogP contribution < -0.4 is 9.81 Å². The van der Waals surface area contributed by atoms with Crippen molar-refractivity contribution in [2.75, 3.05) is 0 Å². The summed E-state index contributed by atoms with van der Waals surface area (Å²) in [5, 5.41) is 0. The molecule has 4 aromatic carbocycles. The fraction of sp³-hybridized carbons (Fsp3) is 0.171. The second-order valence-electron chi connectivity index (χ2n) is 11.1. The Morgan fingerprint density at radius 2 is 1.29 bits per heavy atom. The van der Waals surface area contributed by atoms with Gasteiger partial charge in [-0.2, -0.15) is 0 Å². The summed E-state index contributed by atoms with van der Waals surface area (Å²) in [5.41, 5.74) is 11.1. The molecule has 0 N–H and O–H groups in total. The second-order valence-corrected chi connectivity index (χ2v) is 24.0. The quantitative estimate of drug-likeness (QED) is 0.195. The molecular formula is C35H36Cl2Zr. The van der Waals surface area contributed by atoms with Crippen LogP contribution in [0.25, 0.3) is 11.1 Å². The molecule has 2 aliphatic rings. The molecule has 0 fully saturated rings.